The van der Waals surface area contributed by atoms with Gasteiger partial charge in [-0.15, -0.1) is 0 Å². The molecule has 1 aliphatic rings. The van der Waals surface area contributed by atoms with Gasteiger partial charge in [-0.2, -0.15) is 0 Å². The third-order valence-corrected chi connectivity index (χ3v) is 4.21. The van der Waals surface area contributed by atoms with Gasteiger partial charge < -0.3 is 10.1 Å². The minimum atomic E-state index is -0.407. The van der Waals surface area contributed by atoms with E-state index >= 15 is 0 Å². The van der Waals surface area contributed by atoms with Crippen LogP contribution in [0.15, 0.2) is 24.3 Å². The van der Waals surface area contributed by atoms with Gasteiger partial charge in [-0.05, 0) is 30.4 Å². The lowest BCUT2D eigenvalue weighted by Gasteiger charge is -2.33. The Morgan fingerprint density at radius 3 is 2.52 bits per heavy atom. The number of hydrogen-bond donors (Lipinski definition) is 1. The van der Waals surface area contributed by atoms with Crippen LogP contribution in [0.1, 0.15) is 39.0 Å². The number of nitro benzene ring substituents is 1. The van der Waals surface area contributed by atoms with Gasteiger partial charge in [0.05, 0.1) is 4.92 Å². The molecule has 1 aromatic carbocycles. The molecule has 0 atom stereocenters. The lowest BCUT2D eigenvalue weighted by Crippen LogP contribution is -2.35. The Kier molecular flexibility index (Phi) is 5.56. The van der Waals surface area contributed by atoms with Gasteiger partial charge in [0.15, 0.2) is 0 Å². The summed E-state index contributed by atoms with van der Waals surface area (Å²) in [7, 11) is 0. The van der Waals surface area contributed by atoms with Crippen LogP contribution in [0.25, 0.3) is 0 Å². The summed E-state index contributed by atoms with van der Waals surface area (Å²) in [5.74, 6) is 0.672. The first-order valence-electron chi connectivity index (χ1n) is 7.67. The lowest BCUT2D eigenvalue weighted by atomic mass is 9.76. The molecule has 0 aromatic heterocycles. The van der Waals surface area contributed by atoms with Gasteiger partial charge in [-0.25, -0.2) is 0 Å². The predicted octanol–water partition coefficient (Wildman–Crippen LogP) is 3.53. The fourth-order valence-electron chi connectivity index (χ4n) is 2.88. The van der Waals surface area contributed by atoms with Crippen molar-refractivity contribution in [2.75, 3.05) is 19.7 Å². The Morgan fingerprint density at radius 1 is 1.24 bits per heavy atom. The Labute approximate surface area is 125 Å². The maximum atomic E-state index is 10.5. The first kappa shape index (κ1) is 15.8. The van der Waals surface area contributed by atoms with Crippen molar-refractivity contribution in [1.82, 2.24) is 5.32 Å². The number of rotatable bonds is 7. The van der Waals surface area contributed by atoms with Gasteiger partial charge in [-0.3, -0.25) is 10.1 Å². The maximum Gasteiger partial charge on any atom is 0.269 e. The number of nitro groups is 1. The minimum Gasteiger partial charge on any atom is -0.492 e. The zero-order chi connectivity index (χ0) is 15.1. The van der Waals surface area contributed by atoms with E-state index in [9.17, 15) is 10.1 Å². The van der Waals surface area contributed by atoms with Crippen LogP contribution in [-0.2, 0) is 0 Å². The molecule has 1 aromatic rings. The Morgan fingerprint density at radius 2 is 1.90 bits per heavy atom. The highest BCUT2D eigenvalue weighted by atomic mass is 16.6. The summed E-state index contributed by atoms with van der Waals surface area (Å²) in [6, 6.07) is 6.21. The first-order valence-corrected chi connectivity index (χ1v) is 7.67. The summed E-state index contributed by atoms with van der Waals surface area (Å²) in [5.41, 5.74) is 0.525. The number of nitrogens with zero attached hydrogens (tertiary/aromatic N) is 1. The second-order valence-electron chi connectivity index (χ2n) is 6.15. The van der Waals surface area contributed by atoms with Crippen LogP contribution >= 0.6 is 0 Å². The second kappa shape index (κ2) is 7.41. The van der Waals surface area contributed by atoms with Gasteiger partial charge in [0.2, 0.25) is 0 Å². The lowest BCUT2D eigenvalue weighted by molar-refractivity contribution is -0.384. The van der Waals surface area contributed by atoms with Gasteiger partial charge in [-0.1, -0.05) is 26.2 Å². The van der Waals surface area contributed by atoms with Crippen LogP contribution in [0.4, 0.5) is 5.69 Å². The Hall–Kier alpha value is -1.62. The molecule has 1 N–H and O–H groups in total. The van der Waals surface area contributed by atoms with Gasteiger partial charge in [0.1, 0.15) is 12.4 Å². The molecule has 0 unspecified atom stereocenters. The summed E-state index contributed by atoms with van der Waals surface area (Å²) < 4.78 is 5.58. The van der Waals surface area contributed by atoms with Crippen LogP contribution < -0.4 is 10.1 Å². The molecule has 1 saturated carbocycles. The van der Waals surface area contributed by atoms with Gasteiger partial charge in [0, 0.05) is 25.2 Å². The van der Waals surface area contributed by atoms with E-state index in [1.807, 2.05) is 0 Å². The fraction of sp³-hybridized carbons (Fsp3) is 0.625. The Balaban J connectivity index is 1.64. The first-order chi connectivity index (χ1) is 10.1. The number of benzene rings is 1. The van der Waals surface area contributed by atoms with Crippen LogP contribution in [-0.4, -0.2) is 24.6 Å². The third kappa shape index (κ3) is 5.01. The predicted molar refractivity (Wildman–Crippen MR) is 82.7 cm³/mol. The van der Waals surface area contributed by atoms with Crippen LogP contribution in [0, 0.1) is 15.5 Å². The molecule has 1 aliphatic carbocycles. The Bertz CT molecular complexity index is 453. The molecule has 0 heterocycles. The molecule has 0 aliphatic heterocycles. The molecule has 0 amide bonds. The second-order valence-corrected chi connectivity index (χ2v) is 6.15. The van der Waals surface area contributed by atoms with Crippen molar-refractivity contribution >= 4 is 5.69 Å². The van der Waals surface area contributed by atoms with Gasteiger partial charge >= 0.3 is 0 Å². The van der Waals surface area contributed by atoms with Crippen molar-refractivity contribution in [3.05, 3.63) is 34.4 Å². The highest BCUT2D eigenvalue weighted by Crippen LogP contribution is 2.34. The highest BCUT2D eigenvalue weighted by Gasteiger charge is 2.25. The monoisotopic (exact) mass is 292 g/mol. The van der Waals surface area contributed by atoms with E-state index in [-0.39, 0.29) is 5.69 Å². The number of nitrogens with one attached hydrogen (secondary N) is 1. The van der Waals surface area contributed by atoms with Crippen molar-refractivity contribution in [2.45, 2.75) is 39.0 Å². The van der Waals surface area contributed by atoms with Crippen LogP contribution in [0.2, 0.25) is 0 Å². The highest BCUT2D eigenvalue weighted by molar-refractivity contribution is 5.35. The summed E-state index contributed by atoms with van der Waals surface area (Å²) in [4.78, 5) is 10.1. The standard InChI is InChI=1S/C16H24N2O3/c1-16(9-3-2-4-10-16)13-17-11-12-21-15-7-5-14(6-8-15)18(19)20/h5-8,17H,2-4,9-13H2,1H3. The summed E-state index contributed by atoms with van der Waals surface area (Å²) in [5, 5.41) is 14.0. The average molecular weight is 292 g/mol. The number of hydrogen-bond acceptors (Lipinski definition) is 4. The SMILES string of the molecule is CC1(CNCCOc2ccc([N+](=O)[O-])cc2)CCCCC1. The van der Waals surface area contributed by atoms with Crippen LogP contribution in [0.3, 0.4) is 0 Å². The largest absolute Gasteiger partial charge is 0.492 e. The molecular weight excluding hydrogens is 268 g/mol. The number of non-ortho nitro benzene ring substituents is 1. The summed E-state index contributed by atoms with van der Waals surface area (Å²) in [6.45, 7) is 4.77. The minimum absolute atomic E-state index is 0.0886. The van der Waals surface area contributed by atoms with E-state index in [4.69, 9.17) is 4.74 Å². The zero-order valence-corrected chi connectivity index (χ0v) is 12.6. The molecule has 1 fully saturated rings. The molecule has 0 radical (unpaired) electrons. The molecule has 0 saturated heterocycles. The van der Waals surface area contributed by atoms with Crippen LogP contribution in [0.5, 0.6) is 5.75 Å². The fourth-order valence-corrected chi connectivity index (χ4v) is 2.88. The van der Waals surface area contributed by atoms with E-state index < -0.39 is 4.92 Å². The average Bonchev–Trinajstić information content (AvgIpc) is 2.48. The van der Waals surface area contributed by atoms with Gasteiger partial charge in [0.25, 0.3) is 5.69 Å². The number of ether oxygens (including phenoxy) is 1. The van der Waals surface area contributed by atoms with Crippen molar-refractivity contribution in [3.8, 4) is 5.75 Å². The molecule has 21 heavy (non-hydrogen) atoms. The third-order valence-electron chi connectivity index (χ3n) is 4.21. The van der Waals surface area contributed by atoms with E-state index in [1.54, 1.807) is 12.1 Å². The topological polar surface area (TPSA) is 64.4 Å². The molecule has 5 nitrogen and oxygen atoms in total. The van der Waals surface area contributed by atoms with Crippen molar-refractivity contribution in [3.63, 3.8) is 0 Å². The van der Waals surface area contributed by atoms with E-state index in [0.29, 0.717) is 17.8 Å². The molecule has 116 valence electrons. The van der Waals surface area contributed by atoms with E-state index in [0.717, 1.165) is 13.1 Å². The normalized spacial score (nSPS) is 17.4. The smallest absolute Gasteiger partial charge is 0.269 e. The van der Waals surface area contributed by atoms with E-state index in [1.165, 1.54) is 44.2 Å². The summed E-state index contributed by atoms with van der Waals surface area (Å²) >= 11 is 0. The molecule has 2 rings (SSSR count). The zero-order valence-electron chi connectivity index (χ0n) is 12.6. The van der Waals surface area contributed by atoms with Crippen molar-refractivity contribution in [2.24, 2.45) is 5.41 Å². The quantitative estimate of drug-likeness (QED) is 0.474. The molecule has 5 heteroatoms. The molecular formula is C16H24N2O3. The van der Waals surface area contributed by atoms with Crippen molar-refractivity contribution in [1.29, 1.82) is 0 Å². The van der Waals surface area contributed by atoms with Crippen molar-refractivity contribution < 1.29 is 9.66 Å². The molecule has 0 spiro atoms. The maximum absolute atomic E-state index is 10.5. The molecule has 0 bridgehead atoms. The van der Waals surface area contributed by atoms with E-state index in [2.05, 4.69) is 12.2 Å². The summed E-state index contributed by atoms with van der Waals surface area (Å²) in [6.07, 6.45) is 6.68.